The highest BCUT2D eigenvalue weighted by Crippen LogP contribution is 2.18. The summed E-state index contributed by atoms with van der Waals surface area (Å²) in [6, 6.07) is 0. The molecular formula is C40H79NO6. The highest BCUT2D eigenvalue weighted by molar-refractivity contribution is 5.69. The number of carbonyl (C=O) groups excluding carboxylic acids is 2. The lowest BCUT2D eigenvalue weighted by molar-refractivity contribution is -0.169. The molecule has 0 rings (SSSR count). The molecule has 2 N–H and O–H groups in total. The second-order valence-electron chi connectivity index (χ2n) is 13.9. The van der Waals surface area contributed by atoms with Gasteiger partial charge in [0.25, 0.3) is 0 Å². The normalized spacial score (nSPS) is 12.2. The molecule has 0 bridgehead atoms. The van der Waals surface area contributed by atoms with Crippen LogP contribution in [0.15, 0.2) is 0 Å². The Kier molecular flexibility index (Phi) is 35.2. The molecule has 1 atom stereocenters. The number of aliphatic hydroxyl groups excluding tert-OH is 2. The van der Waals surface area contributed by atoms with Crippen molar-refractivity contribution in [1.82, 2.24) is 4.90 Å². The number of ether oxygens (including phenoxy) is 2. The van der Waals surface area contributed by atoms with Gasteiger partial charge in [-0.05, 0) is 64.5 Å². The first kappa shape index (κ1) is 45.8. The summed E-state index contributed by atoms with van der Waals surface area (Å²) in [6.45, 7) is 9.01. The van der Waals surface area contributed by atoms with Gasteiger partial charge in [-0.25, -0.2) is 0 Å². The van der Waals surface area contributed by atoms with Crippen molar-refractivity contribution in [2.24, 2.45) is 0 Å². The molecule has 0 fully saturated rings. The van der Waals surface area contributed by atoms with Crippen LogP contribution in [0.4, 0.5) is 0 Å². The number of esters is 2. The van der Waals surface area contributed by atoms with Crippen LogP contribution in [0, 0.1) is 0 Å². The van der Waals surface area contributed by atoms with E-state index in [1.165, 1.54) is 89.9 Å². The summed E-state index contributed by atoms with van der Waals surface area (Å²) in [5.41, 5.74) is 0. The minimum Gasteiger partial charge on any atom is -0.462 e. The maximum atomic E-state index is 12.7. The molecule has 47 heavy (non-hydrogen) atoms. The van der Waals surface area contributed by atoms with E-state index in [0.29, 0.717) is 25.8 Å². The second kappa shape index (κ2) is 36.1. The highest BCUT2D eigenvalue weighted by atomic mass is 16.6. The van der Waals surface area contributed by atoms with Gasteiger partial charge < -0.3 is 24.6 Å². The smallest absolute Gasteiger partial charge is 0.308 e. The molecule has 0 aromatic rings. The standard InChI is InChI=1S/C40H79NO6/c1-4-7-10-13-17-22-28-37(29-23-18-14-11-8-5-2)46-38(43)30-24-20-16-21-26-33-41(35-36-42)34-27-32-40(45)47-39(44)31-25-19-15-12-9-6-3/h37,39,42,44H,4-36H2,1-3H3. The molecule has 0 aliphatic heterocycles. The Bertz CT molecular complexity index is 659. The molecule has 0 radical (unpaired) electrons. The summed E-state index contributed by atoms with van der Waals surface area (Å²) < 4.78 is 11.2. The van der Waals surface area contributed by atoms with Crippen LogP contribution in [0.2, 0.25) is 0 Å². The maximum absolute atomic E-state index is 12.7. The fourth-order valence-electron chi connectivity index (χ4n) is 6.24. The van der Waals surface area contributed by atoms with E-state index in [4.69, 9.17) is 9.47 Å². The Balaban J connectivity index is 4.11. The third-order valence-corrected chi connectivity index (χ3v) is 9.26. The van der Waals surface area contributed by atoms with E-state index in [2.05, 4.69) is 25.7 Å². The zero-order chi connectivity index (χ0) is 34.6. The topological polar surface area (TPSA) is 96.3 Å². The number of aliphatic hydroxyl groups is 2. The lowest BCUT2D eigenvalue weighted by atomic mass is 10.0. The van der Waals surface area contributed by atoms with Crippen LogP contribution in [0.25, 0.3) is 0 Å². The van der Waals surface area contributed by atoms with Gasteiger partial charge in [-0.2, -0.15) is 0 Å². The van der Waals surface area contributed by atoms with Gasteiger partial charge in [0.1, 0.15) is 6.10 Å². The lowest BCUT2D eigenvalue weighted by Gasteiger charge is -2.21. The summed E-state index contributed by atoms with van der Waals surface area (Å²) in [7, 11) is 0. The zero-order valence-corrected chi connectivity index (χ0v) is 31.5. The van der Waals surface area contributed by atoms with Crippen molar-refractivity contribution in [3.63, 3.8) is 0 Å². The van der Waals surface area contributed by atoms with Crippen molar-refractivity contribution in [2.75, 3.05) is 26.2 Å². The lowest BCUT2D eigenvalue weighted by Crippen LogP contribution is -2.29. The summed E-state index contributed by atoms with van der Waals surface area (Å²) in [5.74, 6) is -0.364. The van der Waals surface area contributed by atoms with E-state index in [1.54, 1.807) is 0 Å². The molecular weight excluding hydrogens is 590 g/mol. The molecule has 7 nitrogen and oxygen atoms in total. The fraction of sp³-hybridized carbons (Fsp3) is 0.950. The van der Waals surface area contributed by atoms with E-state index in [0.717, 1.165) is 83.7 Å². The Hall–Kier alpha value is -1.18. The van der Waals surface area contributed by atoms with Crippen molar-refractivity contribution >= 4 is 11.9 Å². The zero-order valence-electron chi connectivity index (χ0n) is 31.5. The molecule has 0 aliphatic rings. The summed E-state index contributed by atoms with van der Waals surface area (Å²) in [6.07, 6.45) is 30.2. The third-order valence-electron chi connectivity index (χ3n) is 9.26. The molecule has 0 heterocycles. The van der Waals surface area contributed by atoms with E-state index >= 15 is 0 Å². The van der Waals surface area contributed by atoms with Crippen molar-refractivity contribution in [3.8, 4) is 0 Å². The average Bonchev–Trinajstić information content (AvgIpc) is 3.05. The van der Waals surface area contributed by atoms with Gasteiger partial charge in [0, 0.05) is 25.8 Å². The number of unbranched alkanes of at least 4 members (excludes halogenated alkanes) is 19. The highest BCUT2D eigenvalue weighted by Gasteiger charge is 2.15. The summed E-state index contributed by atoms with van der Waals surface area (Å²) >= 11 is 0. The number of hydrogen-bond donors (Lipinski definition) is 2. The number of carbonyl (C=O) groups is 2. The predicted molar refractivity (Wildman–Crippen MR) is 196 cm³/mol. The average molecular weight is 670 g/mol. The SMILES string of the molecule is CCCCCCCCC(O)OC(=O)CCCN(CCO)CCCCCCCC(=O)OC(CCCCCCCC)CCCCCCCC. The minimum absolute atomic E-state index is 0.0189. The van der Waals surface area contributed by atoms with Crippen LogP contribution >= 0.6 is 0 Å². The molecule has 0 aromatic heterocycles. The number of hydrogen-bond acceptors (Lipinski definition) is 7. The predicted octanol–water partition coefficient (Wildman–Crippen LogP) is 10.4. The molecule has 0 amide bonds. The Morgan fingerprint density at radius 2 is 0.894 bits per heavy atom. The van der Waals surface area contributed by atoms with Gasteiger partial charge in [0.2, 0.25) is 6.29 Å². The molecule has 0 aliphatic carbocycles. The number of rotatable bonds is 37. The Labute approximate surface area is 291 Å². The molecule has 1 unspecified atom stereocenters. The van der Waals surface area contributed by atoms with Crippen molar-refractivity contribution < 1.29 is 29.3 Å². The van der Waals surface area contributed by atoms with Crippen LogP contribution in [0.1, 0.15) is 207 Å². The molecule has 280 valence electrons. The van der Waals surface area contributed by atoms with Gasteiger partial charge >= 0.3 is 11.9 Å². The van der Waals surface area contributed by atoms with Gasteiger partial charge in [-0.15, -0.1) is 0 Å². The van der Waals surface area contributed by atoms with Crippen molar-refractivity contribution in [3.05, 3.63) is 0 Å². The van der Waals surface area contributed by atoms with Crippen LogP contribution in [0.3, 0.4) is 0 Å². The Morgan fingerprint density at radius 3 is 1.43 bits per heavy atom. The van der Waals surface area contributed by atoms with Crippen LogP contribution in [0.5, 0.6) is 0 Å². The second-order valence-corrected chi connectivity index (χ2v) is 13.9. The largest absolute Gasteiger partial charge is 0.462 e. The molecule has 0 aromatic carbocycles. The van der Waals surface area contributed by atoms with Gasteiger partial charge in [-0.3, -0.25) is 9.59 Å². The molecule has 0 spiro atoms. The quantitative estimate of drug-likeness (QED) is 0.0386. The van der Waals surface area contributed by atoms with Crippen molar-refractivity contribution in [2.45, 2.75) is 219 Å². The van der Waals surface area contributed by atoms with Crippen molar-refractivity contribution in [1.29, 1.82) is 0 Å². The first-order valence-electron chi connectivity index (χ1n) is 20.4. The maximum Gasteiger partial charge on any atom is 0.308 e. The van der Waals surface area contributed by atoms with Gasteiger partial charge in [0.05, 0.1) is 6.61 Å². The van der Waals surface area contributed by atoms with Gasteiger partial charge in [0.15, 0.2) is 0 Å². The van der Waals surface area contributed by atoms with Gasteiger partial charge in [-0.1, -0.05) is 136 Å². The van der Waals surface area contributed by atoms with E-state index in [9.17, 15) is 19.8 Å². The third kappa shape index (κ3) is 33.1. The van der Waals surface area contributed by atoms with Crippen LogP contribution in [-0.2, 0) is 19.1 Å². The monoisotopic (exact) mass is 670 g/mol. The first-order chi connectivity index (χ1) is 23.0. The molecule has 0 saturated heterocycles. The summed E-state index contributed by atoms with van der Waals surface area (Å²) in [4.78, 5) is 27.0. The van der Waals surface area contributed by atoms with Crippen LogP contribution < -0.4 is 0 Å². The van der Waals surface area contributed by atoms with E-state index < -0.39 is 6.29 Å². The minimum atomic E-state index is -0.999. The van der Waals surface area contributed by atoms with Crippen LogP contribution in [-0.4, -0.2) is 65.7 Å². The molecule has 0 saturated carbocycles. The number of nitrogens with zero attached hydrogens (tertiary/aromatic N) is 1. The van der Waals surface area contributed by atoms with E-state index in [-0.39, 0.29) is 31.1 Å². The summed E-state index contributed by atoms with van der Waals surface area (Å²) in [5, 5.41) is 19.5. The molecule has 7 heteroatoms. The van der Waals surface area contributed by atoms with E-state index in [1.807, 2.05) is 0 Å². The first-order valence-corrected chi connectivity index (χ1v) is 20.4. The fourth-order valence-corrected chi connectivity index (χ4v) is 6.24. The Morgan fingerprint density at radius 1 is 0.489 bits per heavy atom.